The van der Waals surface area contributed by atoms with Crippen LogP contribution in [-0.4, -0.2) is 80.7 Å². The summed E-state index contributed by atoms with van der Waals surface area (Å²) in [5.41, 5.74) is 1.06. The molecule has 156 valence electrons. The number of benzene rings is 1. The molecule has 1 atom stereocenters. The first-order valence-corrected chi connectivity index (χ1v) is 11.3. The number of hydroxylamine groups is 2. The van der Waals surface area contributed by atoms with Gasteiger partial charge in [0.2, 0.25) is 0 Å². The molecule has 28 heavy (non-hydrogen) atoms. The molecule has 1 aromatic carbocycles. The third kappa shape index (κ3) is 4.78. The molecule has 7 nitrogen and oxygen atoms in total. The average molecular weight is 411 g/mol. The van der Waals surface area contributed by atoms with Gasteiger partial charge in [0, 0.05) is 12.2 Å². The van der Waals surface area contributed by atoms with Crippen molar-refractivity contribution in [3.05, 3.63) is 24.3 Å². The smallest absolute Gasteiger partial charge is 0.299 e. The highest BCUT2D eigenvalue weighted by atomic mass is 32.2. The Hall–Kier alpha value is -1.79. The predicted molar refractivity (Wildman–Crippen MR) is 111 cm³/mol. The predicted octanol–water partition coefficient (Wildman–Crippen LogP) is 1.78. The number of piperazine rings is 1. The number of ether oxygens (including phenoxy) is 1. The van der Waals surface area contributed by atoms with Crippen LogP contribution in [0.3, 0.4) is 0 Å². The summed E-state index contributed by atoms with van der Waals surface area (Å²) in [5.74, 6) is 6.19. The highest BCUT2D eigenvalue weighted by Crippen LogP contribution is 2.26. The van der Waals surface area contributed by atoms with Gasteiger partial charge in [-0.15, -0.1) is 5.92 Å². The largest absolute Gasteiger partial charge is 0.497 e. The van der Waals surface area contributed by atoms with Gasteiger partial charge in [0.15, 0.2) is 0 Å². The molecule has 0 aromatic heterocycles. The van der Waals surface area contributed by atoms with Crippen molar-refractivity contribution in [3.63, 3.8) is 0 Å². The Morgan fingerprint density at radius 2 is 1.86 bits per heavy atom. The van der Waals surface area contributed by atoms with E-state index in [0.29, 0.717) is 39.3 Å². The summed E-state index contributed by atoms with van der Waals surface area (Å²) in [4.78, 5) is 2.20. The van der Waals surface area contributed by atoms with Crippen molar-refractivity contribution in [2.75, 3.05) is 57.0 Å². The van der Waals surface area contributed by atoms with Crippen LogP contribution in [0.5, 0.6) is 5.75 Å². The van der Waals surface area contributed by atoms with Crippen molar-refractivity contribution >= 4 is 15.7 Å². The molecule has 0 bridgehead atoms. The Bertz CT molecular complexity index is 791. The maximum absolute atomic E-state index is 13.3. The first-order chi connectivity index (χ1) is 13.3. The summed E-state index contributed by atoms with van der Waals surface area (Å²) < 4.78 is 31.8. The van der Waals surface area contributed by atoms with Crippen molar-refractivity contribution < 1.29 is 22.3 Å². The van der Waals surface area contributed by atoms with Crippen LogP contribution in [0.4, 0.5) is 5.69 Å². The Labute approximate surface area is 169 Å². The SMILES string of the molecule is CC#CC(CS(=O)(=O)[N+]1(CC)CCN(c2ccc(OC)cc2)CC1)N(O)CC. The number of hydrogen-bond donors (Lipinski definition) is 1. The lowest BCUT2D eigenvalue weighted by Crippen LogP contribution is -2.64. The third-order valence-electron chi connectivity index (χ3n) is 5.52. The topological polar surface area (TPSA) is 70.1 Å². The van der Waals surface area contributed by atoms with E-state index in [4.69, 9.17) is 4.74 Å². The van der Waals surface area contributed by atoms with Gasteiger partial charge in [-0.2, -0.15) is 13.5 Å². The molecule has 1 unspecified atom stereocenters. The van der Waals surface area contributed by atoms with E-state index >= 15 is 0 Å². The number of anilines is 1. The molecule has 1 N–H and O–H groups in total. The van der Waals surface area contributed by atoms with E-state index in [9.17, 15) is 13.6 Å². The van der Waals surface area contributed by atoms with Gasteiger partial charge >= 0.3 is 0 Å². The fraction of sp³-hybridized carbons (Fsp3) is 0.600. The van der Waals surface area contributed by atoms with Crippen LogP contribution in [-0.2, 0) is 10.0 Å². The van der Waals surface area contributed by atoms with E-state index in [-0.39, 0.29) is 9.64 Å². The van der Waals surface area contributed by atoms with Crippen LogP contribution in [0.2, 0.25) is 0 Å². The quantitative estimate of drug-likeness (QED) is 0.400. The van der Waals surface area contributed by atoms with Crippen molar-refractivity contribution in [2.24, 2.45) is 0 Å². The second-order valence-electron chi connectivity index (χ2n) is 6.92. The fourth-order valence-electron chi connectivity index (χ4n) is 3.62. The van der Waals surface area contributed by atoms with Crippen LogP contribution in [0.25, 0.3) is 0 Å². The molecule has 0 saturated carbocycles. The number of likely N-dealkylation sites (N-methyl/N-ethyl adjacent to an activating group) is 1. The van der Waals surface area contributed by atoms with Crippen molar-refractivity contribution in [2.45, 2.75) is 26.8 Å². The summed E-state index contributed by atoms with van der Waals surface area (Å²) in [5, 5.41) is 11.0. The van der Waals surface area contributed by atoms with E-state index in [1.165, 1.54) is 0 Å². The zero-order chi connectivity index (χ0) is 20.8. The van der Waals surface area contributed by atoms with E-state index in [1.54, 1.807) is 21.0 Å². The van der Waals surface area contributed by atoms with E-state index in [0.717, 1.165) is 16.5 Å². The summed E-state index contributed by atoms with van der Waals surface area (Å²) in [6, 6.07) is 7.11. The van der Waals surface area contributed by atoms with Crippen LogP contribution in [0.1, 0.15) is 20.8 Å². The van der Waals surface area contributed by atoms with Gasteiger partial charge in [0.1, 0.15) is 30.6 Å². The molecule has 1 aromatic rings. The maximum atomic E-state index is 13.3. The molecular weight excluding hydrogens is 378 g/mol. The average Bonchev–Trinajstić information content (AvgIpc) is 2.72. The van der Waals surface area contributed by atoms with Gasteiger partial charge in [0.25, 0.3) is 10.0 Å². The molecule has 1 heterocycles. The molecule has 0 amide bonds. The zero-order valence-electron chi connectivity index (χ0n) is 17.3. The first-order valence-electron chi connectivity index (χ1n) is 9.68. The van der Waals surface area contributed by atoms with Gasteiger partial charge in [-0.1, -0.05) is 12.8 Å². The highest BCUT2D eigenvalue weighted by Gasteiger charge is 2.44. The van der Waals surface area contributed by atoms with Crippen molar-refractivity contribution in [1.82, 2.24) is 5.06 Å². The number of methoxy groups -OCH3 is 1. The van der Waals surface area contributed by atoms with Crippen LogP contribution in [0.15, 0.2) is 24.3 Å². The molecular formula is C20H32N3O4S+. The number of rotatable bonds is 8. The normalized spacial score (nSPS) is 17.7. The Balaban J connectivity index is 2.15. The van der Waals surface area contributed by atoms with Crippen molar-refractivity contribution in [1.29, 1.82) is 0 Å². The molecule has 1 aliphatic rings. The van der Waals surface area contributed by atoms with E-state index < -0.39 is 16.1 Å². The van der Waals surface area contributed by atoms with Crippen LogP contribution >= 0.6 is 0 Å². The zero-order valence-corrected chi connectivity index (χ0v) is 18.1. The molecule has 8 heteroatoms. The highest BCUT2D eigenvalue weighted by molar-refractivity contribution is 7.85. The van der Waals surface area contributed by atoms with E-state index in [2.05, 4.69) is 16.7 Å². The summed E-state index contributed by atoms with van der Waals surface area (Å²) in [6.45, 7) is 8.49. The first kappa shape index (κ1) is 22.5. The van der Waals surface area contributed by atoms with Gasteiger partial charge in [-0.3, -0.25) is 0 Å². The minimum absolute atomic E-state index is 0.0269. The standard InChI is InChI=1S/C20H32N3O4S/c1-5-8-19(22(24)6-2)17-28(25,26)23(7-3)15-13-21(14-16-23)18-9-11-20(27-4)12-10-18/h9-12,19,24H,6-7,13-17H2,1-4H3/q+1. The molecule has 1 fully saturated rings. The molecule has 2 rings (SSSR count). The molecule has 0 aliphatic carbocycles. The lowest BCUT2D eigenvalue weighted by Gasteiger charge is -2.43. The fourth-order valence-corrected chi connectivity index (χ4v) is 5.70. The molecule has 1 aliphatic heterocycles. The van der Waals surface area contributed by atoms with Gasteiger partial charge in [-0.25, -0.2) is 3.89 Å². The lowest BCUT2D eigenvalue weighted by molar-refractivity contribution is -0.805. The minimum atomic E-state index is -3.50. The second-order valence-corrected chi connectivity index (χ2v) is 9.19. The van der Waals surface area contributed by atoms with Gasteiger partial charge in [-0.05, 0) is 38.1 Å². The van der Waals surface area contributed by atoms with Gasteiger partial charge < -0.3 is 14.8 Å². The summed E-state index contributed by atoms with van der Waals surface area (Å²) in [7, 11) is -1.87. The number of nitrogens with zero attached hydrogens (tertiary/aromatic N) is 3. The number of hydrogen-bond acceptors (Lipinski definition) is 6. The Morgan fingerprint density at radius 1 is 1.25 bits per heavy atom. The lowest BCUT2D eigenvalue weighted by atomic mass is 10.2. The number of sulfonamides is 1. The molecule has 0 radical (unpaired) electrons. The monoisotopic (exact) mass is 410 g/mol. The Kier molecular flexibility index (Phi) is 7.72. The number of quaternary nitrogens is 1. The maximum Gasteiger partial charge on any atom is 0.299 e. The minimum Gasteiger partial charge on any atom is -0.497 e. The van der Waals surface area contributed by atoms with Crippen molar-refractivity contribution in [3.8, 4) is 17.6 Å². The molecule has 1 saturated heterocycles. The second kappa shape index (κ2) is 9.61. The Morgan fingerprint density at radius 3 is 2.32 bits per heavy atom. The van der Waals surface area contributed by atoms with Gasteiger partial charge in [0.05, 0.1) is 26.7 Å². The van der Waals surface area contributed by atoms with Crippen LogP contribution < -0.4 is 9.64 Å². The van der Waals surface area contributed by atoms with E-state index in [1.807, 2.05) is 31.2 Å². The summed E-state index contributed by atoms with van der Waals surface area (Å²) >= 11 is 0. The summed E-state index contributed by atoms with van der Waals surface area (Å²) in [6.07, 6.45) is 0. The van der Waals surface area contributed by atoms with Crippen LogP contribution in [0, 0.1) is 11.8 Å². The molecule has 0 spiro atoms. The third-order valence-corrected chi connectivity index (χ3v) is 8.06.